The lowest BCUT2D eigenvalue weighted by Crippen LogP contribution is -2.44. The molecule has 0 fully saturated rings. The Morgan fingerprint density at radius 1 is 1.09 bits per heavy atom. The summed E-state index contributed by atoms with van der Waals surface area (Å²) in [6.07, 6.45) is 3.26. The summed E-state index contributed by atoms with van der Waals surface area (Å²) in [5.41, 5.74) is 6.05. The molecule has 5 N–H and O–H groups in total. The maximum Gasteiger partial charge on any atom is 0.337 e. The Labute approximate surface area is 191 Å². The molecule has 3 aromatic rings. The van der Waals surface area contributed by atoms with E-state index in [1.807, 2.05) is 0 Å². The fraction of sp³-hybridized carbons (Fsp3) is 0. The first-order valence-electron chi connectivity index (χ1n) is 8.99. The first kappa shape index (κ1) is 22.6. The molecule has 32 heavy (non-hydrogen) atoms. The number of urea groups is 1. The third kappa shape index (κ3) is 6.45. The highest BCUT2D eigenvalue weighted by Crippen LogP contribution is 2.15. The van der Waals surface area contributed by atoms with Crippen molar-refractivity contribution in [3.8, 4) is 0 Å². The molecule has 1 aromatic heterocycles. The number of anilines is 1. The van der Waals surface area contributed by atoms with E-state index in [1.165, 1.54) is 18.2 Å². The summed E-state index contributed by atoms with van der Waals surface area (Å²) in [5.74, 6) is -0.685. The monoisotopic (exact) mass is 471 g/mol. The van der Waals surface area contributed by atoms with Gasteiger partial charge in [-0.05, 0) is 54.2 Å². The maximum absolute atomic E-state index is 12.4. The third-order valence-electron chi connectivity index (χ3n) is 3.94. The van der Waals surface area contributed by atoms with E-state index in [2.05, 4.69) is 26.1 Å². The highest BCUT2D eigenvalue weighted by atomic mass is 35.5. The lowest BCUT2D eigenvalue weighted by atomic mass is 10.1. The fourth-order valence-electron chi connectivity index (χ4n) is 2.49. The Morgan fingerprint density at radius 2 is 1.84 bits per heavy atom. The van der Waals surface area contributed by atoms with E-state index in [1.54, 1.807) is 48.6 Å². The summed E-state index contributed by atoms with van der Waals surface area (Å²) in [7, 11) is 0. The molecule has 0 spiro atoms. The van der Waals surface area contributed by atoms with Crippen LogP contribution in [0.5, 0.6) is 0 Å². The molecule has 162 valence electrons. The number of benzene rings is 2. The van der Waals surface area contributed by atoms with Crippen molar-refractivity contribution < 1.29 is 19.7 Å². The molecule has 0 bridgehead atoms. The number of carbonyl (C=O) groups is 2. The lowest BCUT2D eigenvalue weighted by molar-refractivity contribution is -0.729. The number of carbonyl (C=O) groups excluding carboxylic acids is 2. The van der Waals surface area contributed by atoms with Crippen LogP contribution in [0.1, 0.15) is 21.7 Å². The number of aromatic nitrogens is 2. The fourth-order valence-corrected chi connectivity index (χ4v) is 2.83. The van der Waals surface area contributed by atoms with Crippen molar-refractivity contribution >= 4 is 59.3 Å². The van der Waals surface area contributed by atoms with Gasteiger partial charge in [0, 0.05) is 28.5 Å². The Hall–Kier alpha value is -4.09. The average molecular weight is 472 g/mol. The van der Waals surface area contributed by atoms with Gasteiger partial charge in [-0.15, -0.1) is 0 Å². The van der Waals surface area contributed by atoms with Crippen molar-refractivity contribution in [3.05, 3.63) is 86.2 Å². The van der Waals surface area contributed by atoms with Gasteiger partial charge in [-0.2, -0.15) is 0 Å². The van der Waals surface area contributed by atoms with Gasteiger partial charge in [-0.1, -0.05) is 29.8 Å². The number of rotatable bonds is 5. The highest BCUT2D eigenvalue weighted by molar-refractivity contribution is 7.71. The number of halogens is 1. The zero-order chi connectivity index (χ0) is 23.1. The summed E-state index contributed by atoms with van der Waals surface area (Å²) in [5, 5.41) is 12.0. The standard InChI is InChI=1S/C20H15ClN6O4S/c21-13-5-8-14(9-6-13)22-19(29)26-25-18(28)17-11-15(23-20(32)24-17)7-4-12-2-1-3-16(10-12)27(30)31/h1-11H,(H4-,22,23,24,25,26,28,29,30,31,32)/p+1/b7-4+. The molecule has 1 heterocycles. The van der Waals surface area contributed by atoms with E-state index in [0.29, 0.717) is 22.0 Å². The molecule has 0 unspecified atom stereocenters. The lowest BCUT2D eigenvalue weighted by Gasteiger charge is -2.09. The molecular weight excluding hydrogens is 456 g/mol. The van der Waals surface area contributed by atoms with E-state index in [9.17, 15) is 14.5 Å². The second-order valence-electron chi connectivity index (χ2n) is 6.27. The minimum Gasteiger partial charge on any atom is -0.331 e. The van der Waals surface area contributed by atoms with Crippen LogP contribution in [0.15, 0.2) is 54.6 Å². The van der Waals surface area contributed by atoms with Crippen molar-refractivity contribution in [2.24, 2.45) is 0 Å². The summed E-state index contributed by atoms with van der Waals surface area (Å²) in [6, 6.07) is 13.4. The molecule has 0 atom stereocenters. The Morgan fingerprint density at radius 3 is 2.56 bits per heavy atom. The van der Waals surface area contributed by atoms with Crippen LogP contribution in [0, 0.1) is 9.68 Å². The normalized spacial score (nSPS) is 10.5. The third-order valence-corrected chi connectivity index (χ3v) is 4.38. The smallest absolute Gasteiger partial charge is 0.331 e. The Bertz CT molecular complexity index is 1260. The van der Waals surface area contributed by atoms with Gasteiger partial charge in [0.25, 0.3) is 10.8 Å². The molecule has 0 aliphatic heterocycles. The van der Waals surface area contributed by atoms with Gasteiger partial charge in [0.05, 0.1) is 4.91 Å². The zero-order valence-electron chi connectivity index (χ0n) is 16.2. The van der Waals surface area contributed by atoms with Crippen LogP contribution in [0.25, 0.3) is 12.2 Å². The van der Waals surface area contributed by atoms with E-state index >= 15 is 0 Å². The molecule has 0 saturated heterocycles. The Balaban J connectivity index is 1.65. The molecule has 12 heteroatoms. The number of hydrogen-bond acceptors (Lipinski definition) is 5. The van der Waals surface area contributed by atoms with E-state index in [4.69, 9.17) is 29.0 Å². The first-order chi connectivity index (χ1) is 15.3. The van der Waals surface area contributed by atoms with Crippen molar-refractivity contribution in [1.29, 1.82) is 0 Å². The second-order valence-corrected chi connectivity index (χ2v) is 7.09. The number of nitrogens with one attached hydrogen (secondary N) is 4. The van der Waals surface area contributed by atoms with Crippen LogP contribution in [0.2, 0.25) is 5.02 Å². The van der Waals surface area contributed by atoms with Crippen LogP contribution >= 0.6 is 23.8 Å². The zero-order valence-corrected chi connectivity index (χ0v) is 17.8. The molecule has 0 saturated carbocycles. The van der Waals surface area contributed by atoms with Gasteiger partial charge in [0.15, 0.2) is 4.77 Å². The van der Waals surface area contributed by atoms with Crippen LogP contribution in [0.3, 0.4) is 0 Å². The SMILES string of the molecule is O=C(NNC(=O)c1cc(/C=C/c2cccc([N+](=O)O)c2)[nH]c(=S)n1)Nc1ccc(Cl)cc1. The largest absolute Gasteiger partial charge is 0.337 e. The topological polar surface area (TPSA) is 139 Å². The van der Waals surface area contributed by atoms with Crippen LogP contribution in [0.4, 0.5) is 16.2 Å². The molecule has 10 nitrogen and oxygen atoms in total. The van der Waals surface area contributed by atoms with Gasteiger partial charge >= 0.3 is 11.7 Å². The molecular formula is C20H16ClN6O4S+. The predicted molar refractivity (Wildman–Crippen MR) is 121 cm³/mol. The summed E-state index contributed by atoms with van der Waals surface area (Å²) >= 11 is 10.8. The van der Waals surface area contributed by atoms with E-state index in [0.717, 1.165) is 0 Å². The minimum absolute atomic E-state index is 0.0324. The molecule has 0 aliphatic carbocycles. The summed E-state index contributed by atoms with van der Waals surface area (Å²) < 4.78 is 0.0535. The molecule has 3 amide bonds. The molecule has 0 aliphatic rings. The quantitative estimate of drug-likeness (QED) is 0.279. The van der Waals surface area contributed by atoms with Gasteiger partial charge in [0.2, 0.25) is 0 Å². The van der Waals surface area contributed by atoms with Crippen LogP contribution in [-0.2, 0) is 0 Å². The molecule has 3 rings (SSSR count). The van der Waals surface area contributed by atoms with Crippen molar-refractivity contribution in [3.63, 3.8) is 0 Å². The van der Waals surface area contributed by atoms with E-state index in [-0.39, 0.29) is 21.1 Å². The number of H-pyrrole nitrogens is 1. The number of nitrogens with zero attached hydrogens (tertiary/aromatic N) is 2. The summed E-state index contributed by atoms with van der Waals surface area (Å²) in [6.45, 7) is 0. The number of aromatic amines is 1. The first-order valence-corrected chi connectivity index (χ1v) is 9.77. The summed E-state index contributed by atoms with van der Waals surface area (Å²) in [4.78, 5) is 41.8. The number of hydrazine groups is 1. The predicted octanol–water partition coefficient (Wildman–Crippen LogP) is 4.23. The second kappa shape index (κ2) is 10.3. The van der Waals surface area contributed by atoms with Gasteiger partial charge < -0.3 is 10.3 Å². The minimum atomic E-state index is -0.685. The van der Waals surface area contributed by atoms with Gasteiger partial charge in [0.1, 0.15) is 5.69 Å². The van der Waals surface area contributed by atoms with Crippen LogP contribution < -0.4 is 16.2 Å². The highest BCUT2D eigenvalue weighted by Gasteiger charge is 2.11. The van der Waals surface area contributed by atoms with Crippen molar-refractivity contribution in [2.75, 3.05) is 5.32 Å². The molecule has 2 aromatic carbocycles. The van der Waals surface area contributed by atoms with E-state index < -0.39 is 11.9 Å². The van der Waals surface area contributed by atoms with Crippen molar-refractivity contribution in [1.82, 2.24) is 20.8 Å². The number of amides is 3. The maximum atomic E-state index is 12.4. The Kier molecular flexibility index (Phi) is 7.26. The van der Waals surface area contributed by atoms with Gasteiger partial charge in [-0.25, -0.2) is 20.4 Å². The average Bonchev–Trinajstić information content (AvgIpc) is 2.77. The van der Waals surface area contributed by atoms with Gasteiger partial charge in [-0.3, -0.25) is 10.2 Å². The molecule has 0 radical (unpaired) electrons. The van der Waals surface area contributed by atoms with Crippen molar-refractivity contribution in [2.45, 2.75) is 0 Å². The van der Waals surface area contributed by atoms with Crippen LogP contribution in [-0.4, -0.2) is 32.0 Å². The number of hydrogen-bond donors (Lipinski definition) is 5.